The van der Waals surface area contributed by atoms with Gasteiger partial charge >= 0.3 is 6.18 Å². The Hall–Kier alpha value is -0.590. The molecule has 0 fully saturated rings. The van der Waals surface area contributed by atoms with Crippen LogP contribution in [-0.4, -0.2) is 4.98 Å². The second kappa shape index (κ2) is 4.59. The summed E-state index contributed by atoms with van der Waals surface area (Å²) in [5.74, 6) is 0. The molecule has 0 N–H and O–H groups in total. The largest absolute Gasteiger partial charge is 0.416 e. The zero-order chi connectivity index (χ0) is 12.6. The fourth-order valence-electron chi connectivity index (χ4n) is 1.27. The van der Waals surface area contributed by atoms with Gasteiger partial charge in [-0.1, -0.05) is 17.7 Å². The summed E-state index contributed by atoms with van der Waals surface area (Å²) in [4.78, 5) is 4.10. The predicted octanol–water partition coefficient (Wildman–Crippen LogP) is 5.24. The van der Waals surface area contributed by atoms with Gasteiger partial charge in [-0.2, -0.15) is 13.2 Å². The number of halogens is 5. The van der Waals surface area contributed by atoms with Gasteiger partial charge in [-0.3, -0.25) is 0 Å². The van der Waals surface area contributed by atoms with E-state index in [4.69, 9.17) is 11.6 Å². The van der Waals surface area contributed by atoms with Gasteiger partial charge in [0.05, 0.1) is 16.3 Å². The Kier molecular flexibility index (Phi) is 3.47. The van der Waals surface area contributed by atoms with Gasteiger partial charge in [-0.25, -0.2) is 4.98 Å². The molecule has 2 aromatic rings. The van der Waals surface area contributed by atoms with E-state index in [-0.39, 0.29) is 5.02 Å². The highest BCUT2D eigenvalue weighted by Gasteiger charge is 2.31. The van der Waals surface area contributed by atoms with E-state index in [0.29, 0.717) is 15.2 Å². The molecule has 7 heteroatoms. The first kappa shape index (κ1) is 12.9. The van der Waals surface area contributed by atoms with Crippen LogP contribution in [-0.2, 0) is 6.18 Å². The second-order valence-electron chi connectivity index (χ2n) is 3.18. The Bertz CT molecular complexity index is 553. The summed E-state index contributed by atoms with van der Waals surface area (Å²) >= 11 is 10.4. The number of hydrogen-bond acceptors (Lipinski definition) is 2. The Balaban J connectivity index is 2.45. The molecule has 2 rings (SSSR count). The van der Waals surface area contributed by atoms with Crippen LogP contribution in [0.15, 0.2) is 27.5 Å². The van der Waals surface area contributed by atoms with Crippen molar-refractivity contribution in [1.82, 2.24) is 4.98 Å². The van der Waals surface area contributed by atoms with Crippen LogP contribution in [0.4, 0.5) is 13.2 Å². The van der Waals surface area contributed by atoms with Gasteiger partial charge in [-0.05, 0) is 28.1 Å². The Labute approximate surface area is 112 Å². The van der Waals surface area contributed by atoms with Crippen LogP contribution in [0.3, 0.4) is 0 Å². The third kappa shape index (κ3) is 2.81. The van der Waals surface area contributed by atoms with Crippen LogP contribution < -0.4 is 0 Å². The minimum atomic E-state index is -4.38. The number of hydrogen-bond donors (Lipinski definition) is 0. The van der Waals surface area contributed by atoms with E-state index in [2.05, 4.69) is 20.9 Å². The molecule has 1 aromatic heterocycles. The lowest BCUT2D eigenvalue weighted by molar-refractivity contribution is -0.137. The summed E-state index contributed by atoms with van der Waals surface area (Å²) in [6, 6.07) is 3.23. The molecule has 0 saturated heterocycles. The third-order valence-corrected chi connectivity index (χ3v) is 3.73. The van der Waals surface area contributed by atoms with Gasteiger partial charge < -0.3 is 0 Å². The molecule has 1 nitrogen and oxygen atoms in total. The van der Waals surface area contributed by atoms with Crippen molar-refractivity contribution in [1.29, 1.82) is 0 Å². The third-order valence-electron chi connectivity index (χ3n) is 2.05. The van der Waals surface area contributed by atoms with Gasteiger partial charge in [0.25, 0.3) is 0 Å². The maximum Gasteiger partial charge on any atom is 0.416 e. The van der Waals surface area contributed by atoms with E-state index >= 15 is 0 Å². The SMILES string of the molecule is FC(F)(F)c1ccc(-c2csc(Br)n2)c(Cl)c1. The Morgan fingerprint density at radius 1 is 1.29 bits per heavy atom. The van der Waals surface area contributed by atoms with Crippen LogP contribution >= 0.6 is 38.9 Å². The molecule has 0 unspecified atom stereocenters. The summed E-state index contributed by atoms with van der Waals surface area (Å²) < 4.78 is 37.9. The summed E-state index contributed by atoms with van der Waals surface area (Å²) in [7, 11) is 0. The molecule has 1 heterocycles. The molecule has 0 atom stereocenters. The van der Waals surface area contributed by atoms with Gasteiger partial charge in [0.1, 0.15) is 0 Å². The molecular weight excluding hydrogens is 339 g/mol. The van der Waals surface area contributed by atoms with Crippen molar-refractivity contribution in [2.45, 2.75) is 6.18 Å². The molecule has 0 spiro atoms. The Morgan fingerprint density at radius 3 is 2.47 bits per heavy atom. The number of rotatable bonds is 1. The van der Waals surface area contributed by atoms with Gasteiger partial charge in [0.15, 0.2) is 3.92 Å². The minimum absolute atomic E-state index is 0.0395. The quantitative estimate of drug-likeness (QED) is 0.690. The van der Waals surface area contributed by atoms with Crippen molar-refractivity contribution in [2.24, 2.45) is 0 Å². The standard InChI is InChI=1S/C10H4BrClF3NS/c11-9-16-8(4-17-9)6-2-1-5(3-7(6)12)10(13,14)15/h1-4H. The van der Waals surface area contributed by atoms with Crippen molar-refractivity contribution in [3.05, 3.63) is 38.1 Å². The predicted molar refractivity (Wildman–Crippen MR) is 65.3 cm³/mol. The average molecular weight is 343 g/mol. The number of aromatic nitrogens is 1. The highest BCUT2D eigenvalue weighted by molar-refractivity contribution is 9.11. The molecule has 90 valence electrons. The maximum atomic E-state index is 12.4. The molecule has 0 bridgehead atoms. The summed E-state index contributed by atoms with van der Waals surface area (Å²) in [5, 5.41) is 1.76. The topological polar surface area (TPSA) is 12.9 Å². The van der Waals surface area contributed by atoms with E-state index < -0.39 is 11.7 Å². The van der Waals surface area contributed by atoms with E-state index in [9.17, 15) is 13.2 Å². The fraction of sp³-hybridized carbons (Fsp3) is 0.100. The van der Waals surface area contributed by atoms with Gasteiger partial charge in [0, 0.05) is 10.9 Å². The summed E-state index contributed by atoms with van der Waals surface area (Å²) in [6.45, 7) is 0. The van der Waals surface area contributed by atoms with Crippen molar-refractivity contribution in [2.75, 3.05) is 0 Å². The molecule has 0 amide bonds. The van der Waals surface area contributed by atoms with E-state index in [1.165, 1.54) is 17.4 Å². The normalized spacial score (nSPS) is 11.8. The molecule has 0 aliphatic heterocycles. The van der Waals surface area contributed by atoms with Crippen molar-refractivity contribution < 1.29 is 13.2 Å². The number of benzene rings is 1. The number of thiazole rings is 1. The van der Waals surface area contributed by atoms with Crippen molar-refractivity contribution in [3.8, 4) is 11.3 Å². The van der Waals surface area contributed by atoms with Crippen LogP contribution in [0.25, 0.3) is 11.3 Å². The molecule has 0 radical (unpaired) electrons. The average Bonchev–Trinajstić information content (AvgIpc) is 2.63. The highest BCUT2D eigenvalue weighted by Crippen LogP contribution is 2.36. The summed E-state index contributed by atoms with van der Waals surface area (Å²) in [5.41, 5.74) is 0.280. The molecule has 0 aliphatic carbocycles. The lowest BCUT2D eigenvalue weighted by Gasteiger charge is -2.08. The van der Waals surface area contributed by atoms with Crippen LogP contribution in [0, 0.1) is 0 Å². The zero-order valence-electron chi connectivity index (χ0n) is 8.05. The first-order valence-electron chi connectivity index (χ1n) is 4.36. The van der Waals surface area contributed by atoms with Crippen molar-refractivity contribution in [3.63, 3.8) is 0 Å². The first-order chi connectivity index (χ1) is 7.88. The fourth-order valence-corrected chi connectivity index (χ4v) is 2.56. The van der Waals surface area contributed by atoms with Gasteiger partial charge in [-0.15, -0.1) is 11.3 Å². The number of nitrogens with zero attached hydrogens (tertiary/aromatic N) is 1. The minimum Gasteiger partial charge on any atom is -0.229 e. The van der Waals surface area contributed by atoms with E-state index in [1.54, 1.807) is 5.38 Å². The summed E-state index contributed by atoms with van der Waals surface area (Å²) in [6.07, 6.45) is -4.38. The van der Waals surface area contributed by atoms with Crippen LogP contribution in [0.5, 0.6) is 0 Å². The lowest BCUT2D eigenvalue weighted by Crippen LogP contribution is -2.04. The van der Waals surface area contributed by atoms with Gasteiger partial charge in [0.2, 0.25) is 0 Å². The molecular formula is C10H4BrClF3NS. The van der Waals surface area contributed by atoms with Crippen LogP contribution in [0.1, 0.15) is 5.56 Å². The smallest absolute Gasteiger partial charge is 0.229 e. The molecule has 0 saturated carbocycles. The highest BCUT2D eigenvalue weighted by atomic mass is 79.9. The first-order valence-corrected chi connectivity index (χ1v) is 6.41. The molecule has 1 aromatic carbocycles. The van der Waals surface area contributed by atoms with E-state index in [1.807, 2.05) is 0 Å². The second-order valence-corrected chi connectivity index (χ2v) is 5.72. The zero-order valence-corrected chi connectivity index (χ0v) is 11.2. The number of alkyl halides is 3. The molecule has 0 aliphatic rings. The monoisotopic (exact) mass is 341 g/mol. The lowest BCUT2D eigenvalue weighted by atomic mass is 10.1. The Morgan fingerprint density at radius 2 is 2.00 bits per heavy atom. The maximum absolute atomic E-state index is 12.4. The molecule has 17 heavy (non-hydrogen) atoms. The van der Waals surface area contributed by atoms with Crippen LogP contribution in [0.2, 0.25) is 5.02 Å². The van der Waals surface area contributed by atoms with Crippen molar-refractivity contribution >= 4 is 38.9 Å². The van der Waals surface area contributed by atoms with E-state index in [0.717, 1.165) is 12.1 Å².